The molecule has 5 N–H and O–H groups in total. The van der Waals surface area contributed by atoms with E-state index in [2.05, 4.69) is 19.7 Å². The van der Waals surface area contributed by atoms with E-state index in [1.807, 2.05) is 0 Å². The van der Waals surface area contributed by atoms with Crippen molar-refractivity contribution >= 4 is 68.3 Å². The highest BCUT2D eigenvalue weighted by Gasteiger charge is 2.23. The first-order valence-electron chi connectivity index (χ1n) is 10.2. The normalized spacial score (nSPS) is 13.2. The van der Waals surface area contributed by atoms with Gasteiger partial charge in [0.1, 0.15) is 22.0 Å². The van der Waals surface area contributed by atoms with E-state index >= 15 is 0 Å². The Kier molecular flexibility index (Phi) is 8.34. The highest BCUT2D eigenvalue weighted by atomic mass is 32.3. The monoisotopic (exact) mass is 625 g/mol. The molecule has 0 atom stereocenters. The number of anilines is 1. The van der Waals surface area contributed by atoms with Crippen LogP contribution in [-0.2, 0) is 44.7 Å². The molecule has 0 fully saturated rings. The van der Waals surface area contributed by atoms with Crippen LogP contribution >= 0.6 is 0 Å². The molecule has 3 aromatic rings. The molecule has 0 aliphatic carbocycles. The van der Waals surface area contributed by atoms with Crippen molar-refractivity contribution in [1.29, 1.82) is 0 Å². The van der Waals surface area contributed by atoms with Crippen LogP contribution in [0.1, 0.15) is 0 Å². The standard InChI is InChI=1S/C19H19N3O13S4/c1-20-16-5-3-13-14(8-12(9-17(13)23)37(26,27)28)19(16)22-21-15-4-2-11(10-18(15)38(29,30)31)36(24,25)7-6-35-39(32,33)34/h2-5,8-10,20,23H,6-7H2,1H3,(H,26,27,28)(H,29,30,31)(H,32,33,34)/b22-21+. The van der Waals surface area contributed by atoms with Crippen LogP contribution in [0.15, 0.2) is 67.4 Å². The molecule has 0 bridgehead atoms. The molecule has 0 radical (unpaired) electrons. The molecule has 20 heteroatoms. The third kappa shape index (κ3) is 7.24. The first kappa shape index (κ1) is 30.3. The highest BCUT2D eigenvalue weighted by Crippen LogP contribution is 2.40. The fourth-order valence-corrected chi connectivity index (χ4v) is 6.04. The van der Waals surface area contributed by atoms with Gasteiger partial charge in [0.15, 0.2) is 9.84 Å². The second-order valence-electron chi connectivity index (χ2n) is 7.60. The predicted molar refractivity (Wildman–Crippen MR) is 135 cm³/mol. The smallest absolute Gasteiger partial charge is 0.397 e. The van der Waals surface area contributed by atoms with Crippen molar-refractivity contribution in [3.8, 4) is 5.75 Å². The summed E-state index contributed by atoms with van der Waals surface area (Å²) < 4.78 is 125. The molecule has 0 aliphatic heterocycles. The summed E-state index contributed by atoms with van der Waals surface area (Å²) in [4.78, 5) is -2.35. The average molecular weight is 626 g/mol. The van der Waals surface area contributed by atoms with Crippen molar-refractivity contribution in [2.24, 2.45) is 10.2 Å². The summed E-state index contributed by atoms with van der Waals surface area (Å²) in [5, 5.41) is 20.7. The van der Waals surface area contributed by atoms with Gasteiger partial charge in [-0.2, -0.15) is 25.3 Å². The Morgan fingerprint density at radius 2 is 1.46 bits per heavy atom. The maximum absolute atomic E-state index is 12.5. The van der Waals surface area contributed by atoms with Gasteiger partial charge in [0.25, 0.3) is 20.2 Å². The lowest BCUT2D eigenvalue weighted by Gasteiger charge is -2.11. The van der Waals surface area contributed by atoms with Gasteiger partial charge in [-0.1, -0.05) is 0 Å². The molecule has 3 rings (SSSR count). The molecule has 16 nitrogen and oxygen atoms in total. The lowest BCUT2D eigenvalue weighted by molar-refractivity contribution is 0.284. The molecule has 0 aromatic heterocycles. The van der Waals surface area contributed by atoms with Crippen molar-refractivity contribution in [2.45, 2.75) is 14.7 Å². The Labute approximate surface area is 222 Å². The zero-order valence-corrected chi connectivity index (χ0v) is 22.7. The number of hydrogen-bond donors (Lipinski definition) is 5. The summed E-state index contributed by atoms with van der Waals surface area (Å²) in [5.74, 6) is -1.52. The van der Waals surface area contributed by atoms with Crippen molar-refractivity contribution in [1.82, 2.24) is 0 Å². The molecule has 0 saturated heterocycles. The number of nitrogens with zero attached hydrogens (tertiary/aromatic N) is 2. The van der Waals surface area contributed by atoms with Crippen molar-refractivity contribution in [3.05, 3.63) is 42.5 Å². The number of fused-ring (bicyclic) bond motifs is 1. The van der Waals surface area contributed by atoms with Crippen molar-refractivity contribution < 1.29 is 56.6 Å². The van der Waals surface area contributed by atoms with Crippen LogP contribution in [-0.4, -0.2) is 71.8 Å². The summed E-state index contributed by atoms with van der Waals surface area (Å²) in [6, 6.07) is 6.90. The van der Waals surface area contributed by atoms with Gasteiger partial charge >= 0.3 is 10.4 Å². The largest absolute Gasteiger partial charge is 0.507 e. The Hall–Kier alpha value is -3.24. The molecule has 0 saturated carbocycles. The van der Waals surface area contributed by atoms with E-state index < -0.39 is 79.0 Å². The number of sulfone groups is 1. The number of rotatable bonds is 10. The molecule has 0 spiro atoms. The lowest BCUT2D eigenvalue weighted by Crippen LogP contribution is -2.16. The van der Waals surface area contributed by atoms with Gasteiger partial charge in [-0.3, -0.25) is 13.7 Å². The molecule has 0 heterocycles. The predicted octanol–water partition coefficient (Wildman–Crippen LogP) is 2.09. The number of aromatic hydroxyl groups is 1. The molecular formula is C19H19N3O13S4. The molecule has 0 amide bonds. The Morgan fingerprint density at radius 1 is 0.795 bits per heavy atom. The van der Waals surface area contributed by atoms with Crippen molar-refractivity contribution in [2.75, 3.05) is 24.7 Å². The van der Waals surface area contributed by atoms with Crippen LogP contribution in [0.4, 0.5) is 17.1 Å². The fraction of sp³-hybridized carbons (Fsp3) is 0.158. The van der Waals surface area contributed by atoms with Gasteiger partial charge in [-0.25, -0.2) is 12.6 Å². The van der Waals surface area contributed by atoms with Gasteiger partial charge in [0.2, 0.25) is 0 Å². The van der Waals surface area contributed by atoms with Crippen LogP contribution in [0.5, 0.6) is 5.75 Å². The topological polar surface area (TPSA) is 263 Å². The maximum Gasteiger partial charge on any atom is 0.397 e. The highest BCUT2D eigenvalue weighted by molar-refractivity contribution is 7.91. The maximum atomic E-state index is 12.5. The molecule has 3 aromatic carbocycles. The van der Waals surface area contributed by atoms with Gasteiger partial charge < -0.3 is 10.4 Å². The summed E-state index contributed by atoms with van der Waals surface area (Å²) >= 11 is 0. The number of phenols is 1. The molecule has 0 aliphatic rings. The van der Waals surface area contributed by atoms with Crippen LogP contribution in [0.3, 0.4) is 0 Å². The Balaban J connectivity index is 2.16. The zero-order chi connectivity index (χ0) is 29.4. The number of benzene rings is 3. The number of azo groups is 1. The minimum absolute atomic E-state index is 0.0373. The van der Waals surface area contributed by atoms with Gasteiger partial charge in [-0.05, 0) is 36.4 Å². The van der Waals surface area contributed by atoms with Crippen LogP contribution in [0.2, 0.25) is 0 Å². The Bertz CT molecular complexity index is 1920. The zero-order valence-electron chi connectivity index (χ0n) is 19.4. The molecule has 212 valence electrons. The molecular weight excluding hydrogens is 606 g/mol. The number of nitrogens with one attached hydrogen (secondary N) is 1. The molecule has 39 heavy (non-hydrogen) atoms. The van der Waals surface area contributed by atoms with Crippen LogP contribution in [0, 0.1) is 0 Å². The second-order valence-corrected chi connectivity index (χ2v) is 13.6. The summed E-state index contributed by atoms with van der Waals surface area (Å²) in [6.07, 6.45) is 0. The fourth-order valence-electron chi connectivity index (χ4n) is 3.28. The van der Waals surface area contributed by atoms with Crippen LogP contribution in [0.25, 0.3) is 10.8 Å². The third-order valence-electron chi connectivity index (χ3n) is 5.04. The van der Waals surface area contributed by atoms with E-state index in [4.69, 9.17) is 4.55 Å². The van der Waals surface area contributed by atoms with Gasteiger partial charge in [0.05, 0.1) is 27.8 Å². The second kappa shape index (κ2) is 10.7. The van der Waals surface area contributed by atoms with E-state index in [9.17, 15) is 47.9 Å². The van der Waals surface area contributed by atoms with E-state index in [-0.39, 0.29) is 22.1 Å². The lowest BCUT2D eigenvalue weighted by atomic mass is 10.1. The van der Waals surface area contributed by atoms with Crippen LogP contribution < -0.4 is 5.32 Å². The van der Waals surface area contributed by atoms with Gasteiger partial charge in [-0.15, -0.1) is 10.2 Å². The SMILES string of the molecule is CNc1ccc2c(O)cc(S(=O)(=O)O)cc2c1/N=N/c1ccc(S(=O)(=O)CCOS(=O)(=O)O)cc1S(=O)(=O)O. The first-order valence-corrected chi connectivity index (χ1v) is 16.1. The van der Waals surface area contributed by atoms with E-state index in [0.717, 1.165) is 24.3 Å². The summed E-state index contributed by atoms with van der Waals surface area (Å²) in [7, 11) is -17.7. The molecule has 0 unspecified atom stereocenters. The quantitative estimate of drug-likeness (QED) is 0.160. The minimum Gasteiger partial charge on any atom is -0.507 e. The first-order chi connectivity index (χ1) is 17.8. The minimum atomic E-state index is -5.11. The van der Waals surface area contributed by atoms with Gasteiger partial charge in [0, 0.05) is 23.9 Å². The third-order valence-corrected chi connectivity index (χ3v) is 8.89. The van der Waals surface area contributed by atoms with E-state index in [1.54, 1.807) is 0 Å². The number of phenolic OH excluding ortho intramolecular Hbond substituents is 1. The van der Waals surface area contributed by atoms with E-state index in [1.165, 1.54) is 19.2 Å². The number of hydrogen-bond acceptors (Lipinski definition) is 13. The summed E-state index contributed by atoms with van der Waals surface area (Å²) in [5.41, 5.74) is -0.472. The summed E-state index contributed by atoms with van der Waals surface area (Å²) in [6.45, 7) is -0.990. The average Bonchev–Trinajstić information content (AvgIpc) is 2.80. The van der Waals surface area contributed by atoms with E-state index in [0.29, 0.717) is 6.07 Å². The Morgan fingerprint density at radius 3 is 2.03 bits per heavy atom. The van der Waals surface area contributed by atoms with Crippen molar-refractivity contribution in [3.63, 3.8) is 0 Å².